The van der Waals surface area contributed by atoms with E-state index in [1.54, 1.807) is 20.8 Å². The molecule has 3 atom stereocenters. The number of rotatable bonds is 4. The standard InChI is InChI=1S/C12H22N2O4/c1-12(2,3)18-11(17)8(9(13)15)6-7-4-5-14-10(7)16/h7-9,15H,4-6,13H2,1-3H3,(H,14,16)/t7-,8?,9+/m1/s1. The molecule has 4 N–H and O–H groups in total. The van der Waals surface area contributed by atoms with Gasteiger partial charge in [0.05, 0.1) is 5.92 Å². The Labute approximate surface area is 107 Å². The van der Waals surface area contributed by atoms with E-state index in [0.717, 1.165) is 0 Å². The minimum absolute atomic E-state index is 0.0933. The summed E-state index contributed by atoms with van der Waals surface area (Å²) >= 11 is 0. The Bertz CT molecular complexity index is 323. The summed E-state index contributed by atoms with van der Waals surface area (Å²) in [7, 11) is 0. The van der Waals surface area contributed by atoms with Crippen molar-refractivity contribution >= 4 is 11.9 Å². The average Bonchev–Trinajstić information content (AvgIpc) is 2.57. The van der Waals surface area contributed by atoms with E-state index < -0.39 is 23.7 Å². The highest BCUT2D eigenvalue weighted by Crippen LogP contribution is 2.23. The molecule has 6 nitrogen and oxygen atoms in total. The van der Waals surface area contributed by atoms with Crippen LogP contribution in [0.1, 0.15) is 33.6 Å². The SMILES string of the molecule is CC(C)(C)OC(=O)C(C[C@H]1CCNC1=O)[C@@H](N)O. The van der Waals surface area contributed by atoms with Crippen molar-refractivity contribution in [1.29, 1.82) is 0 Å². The summed E-state index contributed by atoms with van der Waals surface area (Å²) in [5.41, 5.74) is 4.77. The number of aliphatic hydroxyl groups is 1. The van der Waals surface area contributed by atoms with Gasteiger partial charge in [0, 0.05) is 12.5 Å². The molecule has 1 unspecified atom stereocenters. The molecule has 1 amide bonds. The number of carbonyl (C=O) groups excluding carboxylic acids is 2. The van der Waals surface area contributed by atoms with Crippen LogP contribution in [0.15, 0.2) is 0 Å². The Kier molecular flexibility index (Phi) is 4.70. The second-order valence-electron chi connectivity index (χ2n) is 5.64. The van der Waals surface area contributed by atoms with E-state index in [1.165, 1.54) is 0 Å². The number of esters is 1. The lowest BCUT2D eigenvalue weighted by Gasteiger charge is -2.26. The molecule has 0 aromatic heterocycles. The molecule has 1 rings (SSSR count). The molecule has 1 heterocycles. The Hall–Kier alpha value is -1.14. The zero-order valence-corrected chi connectivity index (χ0v) is 11.1. The molecule has 0 aromatic carbocycles. The molecule has 0 bridgehead atoms. The smallest absolute Gasteiger partial charge is 0.313 e. The molecule has 1 aliphatic rings. The maximum Gasteiger partial charge on any atom is 0.313 e. The molecule has 1 saturated heterocycles. The monoisotopic (exact) mass is 258 g/mol. The number of nitrogens with one attached hydrogen (secondary N) is 1. The van der Waals surface area contributed by atoms with Gasteiger partial charge in [-0.25, -0.2) is 0 Å². The van der Waals surface area contributed by atoms with Crippen LogP contribution in [0.25, 0.3) is 0 Å². The molecule has 18 heavy (non-hydrogen) atoms. The van der Waals surface area contributed by atoms with Gasteiger partial charge in [0.1, 0.15) is 11.8 Å². The minimum Gasteiger partial charge on any atom is -0.460 e. The van der Waals surface area contributed by atoms with Crippen LogP contribution in [0.3, 0.4) is 0 Å². The number of ether oxygens (including phenoxy) is 1. The number of carbonyl (C=O) groups is 2. The van der Waals surface area contributed by atoms with E-state index in [9.17, 15) is 14.7 Å². The van der Waals surface area contributed by atoms with Crippen molar-refractivity contribution < 1.29 is 19.4 Å². The van der Waals surface area contributed by atoms with E-state index in [0.29, 0.717) is 13.0 Å². The highest BCUT2D eigenvalue weighted by molar-refractivity contribution is 5.82. The third kappa shape index (κ3) is 4.27. The zero-order chi connectivity index (χ0) is 13.9. The fourth-order valence-corrected chi connectivity index (χ4v) is 1.93. The Morgan fingerprint density at radius 3 is 2.61 bits per heavy atom. The largest absolute Gasteiger partial charge is 0.460 e. The molecular formula is C12H22N2O4. The molecule has 1 fully saturated rings. The van der Waals surface area contributed by atoms with Gasteiger partial charge in [-0.2, -0.15) is 0 Å². The fraction of sp³-hybridized carbons (Fsp3) is 0.833. The van der Waals surface area contributed by atoms with Gasteiger partial charge in [0.25, 0.3) is 0 Å². The van der Waals surface area contributed by atoms with E-state index in [1.807, 2.05) is 0 Å². The third-order valence-corrected chi connectivity index (χ3v) is 2.82. The van der Waals surface area contributed by atoms with E-state index in [-0.39, 0.29) is 18.2 Å². The normalized spacial score (nSPS) is 23.4. The highest BCUT2D eigenvalue weighted by atomic mass is 16.6. The van der Waals surface area contributed by atoms with Gasteiger partial charge in [0.2, 0.25) is 5.91 Å². The minimum atomic E-state index is -1.31. The summed E-state index contributed by atoms with van der Waals surface area (Å²) in [4.78, 5) is 23.4. The predicted molar refractivity (Wildman–Crippen MR) is 65.3 cm³/mol. The second kappa shape index (κ2) is 5.67. The van der Waals surface area contributed by atoms with Crippen molar-refractivity contribution in [3.63, 3.8) is 0 Å². The highest BCUT2D eigenvalue weighted by Gasteiger charge is 2.35. The van der Waals surface area contributed by atoms with Gasteiger partial charge in [0.15, 0.2) is 0 Å². The maximum atomic E-state index is 11.9. The fourth-order valence-electron chi connectivity index (χ4n) is 1.93. The lowest BCUT2D eigenvalue weighted by Crippen LogP contribution is -2.41. The van der Waals surface area contributed by atoms with Crippen LogP contribution in [0.2, 0.25) is 0 Å². The van der Waals surface area contributed by atoms with Crippen molar-refractivity contribution in [2.45, 2.75) is 45.4 Å². The molecule has 0 spiro atoms. The molecule has 0 aliphatic carbocycles. The van der Waals surface area contributed by atoms with Crippen molar-refractivity contribution in [3.8, 4) is 0 Å². The first-order valence-corrected chi connectivity index (χ1v) is 6.15. The van der Waals surface area contributed by atoms with Crippen LogP contribution in [0.5, 0.6) is 0 Å². The molecular weight excluding hydrogens is 236 g/mol. The number of aliphatic hydroxyl groups excluding tert-OH is 1. The van der Waals surface area contributed by atoms with Crippen molar-refractivity contribution in [3.05, 3.63) is 0 Å². The molecule has 6 heteroatoms. The third-order valence-electron chi connectivity index (χ3n) is 2.82. The topological polar surface area (TPSA) is 102 Å². The summed E-state index contributed by atoms with van der Waals surface area (Å²) in [6.45, 7) is 5.83. The van der Waals surface area contributed by atoms with Crippen molar-refractivity contribution in [2.24, 2.45) is 17.6 Å². The lowest BCUT2D eigenvalue weighted by molar-refractivity contribution is -0.164. The summed E-state index contributed by atoms with van der Waals surface area (Å²) in [5.74, 6) is -1.79. The number of nitrogens with two attached hydrogens (primary N) is 1. The van der Waals surface area contributed by atoms with Crippen LogP contribution in [0, 0.1) is 11.8 Å². The number of hydrogen-bond acceptors (Lipinski definition) is 5. The molecule has 104 valence electrons. The number of hydrogen-bond donors (Lipinski definition) is 3. The van der Waals surface area contributed by atoms with E-state index in [2.05, 4.69) is 5.32 Å². The van der Waals surface area contributed by atoms with E-state index >= 15 is 0 Å². The first-order chi connectivity index (χ1) is 8.20. The number of amides is 1. The van der Waals surface area contributed by atoms with Gasteiger partial charge < -0.3 is 20.9 Å². The summed E-state index contributed by atoms with van der Waals surface area (Å²) in [5, 5.41) is 12.2. The van der Waals surface area contributed by atoms with Crippen molar-refractivity contribution in [2.75, 3.05) is 6.54 Å². The van der Waals surface area contributed by atoms with Gasteiger partial charge in [-0.05, 0) is 33.6 Å². The molecule has 0 radical (unpaired) electrons. The van der Waals surface area contributed by atoms with Crippen LogP contribution >= 0.6 is 0 Å². The van der Waals surface area contributed by atoms with Gasteiger partial charge in [-0.3, -0.25) is 9.59 Å². The van der Waals surface area contributed by atoms with E-state index in [4.69, 9.17) is 10.5 Å². The lowest BCUT2D eigenvalue weighted by atomic mass is 9.92. The quantitative estimate of drug-likeness (QED) is 0.476. The van der Waals surface area contributed by atoms with Gasteiger partial charge in [-0.1, -0.05) is 0 Å². The summed E-state index contributed by atoms with van der Waals surface area (Å²) < 4.78 is 5.20. The van der Waals surface area contributed by atoms with Crippen molar-refractivity contribution in [1.82, 2.24) is 5.32 Å². The molecule has 1 aliphatic heterocycles. The first kappa shape index (κ1) is 14.9. The average molecular weight is 258 g/mol. The Morgan fingerprint density at radius 2 is 2.22 bits per heavy atom. The molecule has 0 saturated carbocycles. The Morgan fingerprint density at radius 1 is 1.61 bits per heavy atom. The van der Waals surface area contributed by atoms with Gasteiger partial charge >= 0.3 is 5.97 Å². The zero-order valence-electron chi connectivity index (χ0n) is 11.1. The maximum absolute atomic E-state index is 11.9. The van der Waals surface area contributed by atoms with Crippen LogP contribution in [-0.4, -0.2) is 35.4 Å². The van der Waals surface area contributed by atoms with Crippen LogP contribution in [-0.2, 0) is 14.3 Å². The predicted octanol–water partition coefficient (Wildman–Crippen LogP) is -0.252. The second-order valence-corrected chi connectivity index (χ2v) is 5.64. The molecule has 0 aromatic rings. The van der Waals surface area contributed by atoms with Crippen LogP contribution in [0.4, 0.5) is 0 Å². The summed E-state index contributed by atoms with van der Waals surface area (Å²) in [6, 6.07) is 0. The van der Waals surface area contributed by atoms with Crippen LogP contribution < -0.4 is 11.1 Å². The summed E-state index contributed by atoms with van der Waals surface area (Å²) in [6.07, 6.45) is -0.434. The Balaban J connectivity index is 2.65. The van der Waals surface area contributed by atoms with Gasteiger partial charge in [-0.15, -0.1) is 0 Å². The first-order valence-electron chi connectivity index (χ1n) is 6.15.